The van der Waals surface area contributed by atoms with E-state index in [0.29, 0.717) is 11.6 Å². The Hall–Kier alpha value is -2.65. The molecule has 2 aromatic rings. The van der Waals surface area contributed by atoms with E-state index < -0.39 is 18.5 Å². The van der Waals surface area contributed by atoms with E-state index >= 15 is 0 Å². The molecule has 2 rings (SSSR count). The Bertz CT molecular complexity index is 696. The van der Waals surface area contributed by atoms with Crippen molar-refractivity contribution >= 4 is 11.7 Å². The molecule has 0 bridgehead atoms. The number of hydrogen-bond acceptors (Lipinski definition) is 5. The Morgan fingerprint density at radius 2 is 1.96 bits per heavy atom. The minimum atomic E-state index is -4.50. The van der Waals surface area contributed by atoms with Crippen molar-refractivity contribution < 1.29 is 18.0 Å². The maximum Gasteiger partial charge on any atom is 0.397 e. The lowest BCUT2D eigenvalue weighted by Gasteiger charge is -2.09. The third-order valence-electron chi connectivity index (χ3n) is 2.99. The largest absolute Gasteiger partial charge is 0.397 e. The summed E-state index contributed by atoms with van der Waals surface area (Å²) in [5.74, 6) is -0.0507. The number of halogens is 3. The van der Waals surface area contributed by atoms with Gasteiger partial charge in [0.1, 0.15) is 12.2 Å². The molecule has 0 aliphatic carbocycles. The van der Waals surface area contributed by atoms with E-state index in [9.17, 15) is 18.0 Å². The zero-order chi connectivity index (χ0) is 17.7. The van der Waals surface area contributed by atoms with Gasteiger partial charge in [0.15, 0.2) is 5.82 Å². The Kier molecular flexibility index (Phi) is 5.37. The molecular formula is C14H17F3N6O. The van der Waals surface area contributed by atoms with Gasteiger partial charge in [0.2, 0.25) is 5.91 Å². The van der Waals surface area contributed by atoms with Crippen molar-refractivity contribution in [2.24, 2.45) is 0 Å². The smallest absolute Gasteiger partial charge is 0.367 e. The maximum atomic E-state index is 12.0. The van der Waals surface area contributed by atoms with E-state index in [0.717, 1.165) is 11.4 Å². The number of carbonyl (C=O) groups is 1. The van der Waals surface area contributed by atoms with Crippen molar-refractivity contribution in [1.82, 2.24) is 25.3 Å². The minimum absolute atomic E-state index is 0.0514. The van der Waals surface area contributed by atoms with Crippen LogP contribution < -0.4 is 10.6 Å². The van der Waals surface area contributed by atoms with Crippen molar-refractivity contribution in [2.45, 2.75) is 26.4 Å². The summed E-state index contributed by atoms with van der Waals surface area (Å²) in [6.45, 7) is 4.06. The molecule has 0 atom stereocenters. The Morgan fingerprint density at radius 1 is 1.21 bits per heavy atom. The molecule has 0 aliphatic heterocycles. The molecule has 2 N–H and O–H groups in total. The molecule has 0 aliphatic rings. The summed E-state index contributed by atoms with van der Waals surface area (Å²) in [6, 6.07) is 5.31. The van der Waals surface area contributed by atoms with Crippen LogP contribution in [-0.2, 0) is 4.79 Å². The van der Waals surface area contributed by atoms with E-state index in [2.05, 4.69) is 25.9 Å². The fraction of sp³-hybridized carbons (Fsp3) is 0.429. The second-order valence-electron chi connectivity index (χ2n) is 5.18. The van der Waals surface area contributed by atoms with Gasteiger partial charge in [-0.1, -0.05) is 0 Å². The van der Waals surface area contributed by atoms with Gasteiger partial charge in [0.05, 0.1) is 5.69 Å². The van der Waals surface area contributed by atoms with Crippen LogP contribution in [-0.4, -0.2) is 45.2 Å². The Labute approximate surface area is 136 Å². The zero-order valence-corrected chi connectivity index (χ0v) is 13.2. The van der Waals surface area contributed by atoms with Crippen LogP contribution in [0.3, 0.4) is 0 Å². The summed E-state index contributed by atoms with van der Waals surface area (Å²) in [5.41, 5.74) is 1.79. The molecule has 2 heterocycles. The molecule has 0 fully saturated rings. The molecule has 24 heavy (non-hydrogen) atoms. The van der Waals surface area contributed by atoms with Crippen LogP contribution in [0.15, 0.2) is 18.2 Å². The van der Waals surface area contributed by atoms with Crippen LogP contribution >= 0.6 is 0 Å². The summed E-state index contributed by atoms with van der Waals surface area (Å²) in [6.07, 6.45) is -5.98. The average Bonchev–Trinajstić information content (AvgIpc) is 2.81. The van der Waals surface area contributed by atoms with E-state index in [1.54, 1.807) is 16.8 Å². The Morgan fingerprint density at radius 3 is 2.50 bits per heavy atom. The monoisotopic (exact) mass is 342 g/mol. The van der Waals surface area contributed by atoms with Crippen LogP contribution in [0.25, 0.3) is 5.82 Å². The number of aryl methyl sites for hydroxylation is 2. The minimum Gasteiger partial charge on any atom is -0.367 e. The zero-order valence-electron chi connectivity index (χ0n) is 13.2. The number of nitrogens with zero attached hydrogens (tertiary/aromatic N) is 4. The highest BCUT2D eigenvalue weighted by molar-refractivity contribution is 5.76. The number of nitrogens with one attached hydrogen (secondary N) is 2. The van der Waals surface area contributed by atoms with Crippen LogP contribution in [0, 0.1) is 13.8 Å². The summed E-state index contributed by atoms with van der Waals surface area (Å²) in [7, 11) is 0. The van der Waals surface area contributed by atoms with E-state index in [1.165, 1.54) is 0 Å². The van der Waals surface area contributed by atoms with Gasteiger partial charge >= 0.3 is 6.18 Å². The van der Waals surface area contributed by atoms with Crippen LogP contribution in [0.2, 0.25) is 0 Å². The number of alkyl halides is 3. The molecule has 0 unspecified atom stereocenters. The van der Waals surface area contributed by atoms with Gasteiger partial charge in [0, 0.05) is 18.8 Å². The van der Waals surface area contributed by atoms with Gasteiger partial charge in [-0.05, 0) is 32.0 Å². The molecule has 0 radical (unpaired) electrons. The van der Waals surface area contributed by atoms with Crippen LogP contribution in [0.4, 0.5) is 19.0 Å². The fourth-order valence-corrected chi connectivity index (χ4v) is 2.03. The lowest BCUT2D eigenvalue weighted by Crippen LogP contribution is -2.32. The van der Waals surface area contributed by atoms with E-state index in [1.807, 2.05) is 19.9 Å². The highest BCUT2D eigenvalue weighted by atomic mass is 19.4. The quantitative estimate of drug-likeness (QED) is 0.782. The summed E-state index contributed by atoms with van der Waals surface area (Å²) in [5, 5.41) is 17.3. The fourth-order valence-electron chi connectivity index (χ4n) is 2.03. The first kappa shape index (κ1) is 17.7. The average molecular weight is 342 g/mol. The van der Waals surface area contributed by atoms with Crippen LogP contribution in [0.1, 0.15) is 17.8 Å². The molecule has 10 heteroatoms. The summed E-state index contributed by atoms with van der Waals surface area (Å²) < 4.78 is 37.6. The molecule has 130 valence electrons. The number of aromatic nitrogens is 4. The van der Waals surface area contributed by atoms with Crippen molar-refractivity contribution in [2.75, 3.05) is 18.4 Å². The Balaban J connectivity index is 1.80. The topological polar surface area (TPSA) is 84.7 Å². The van der Waals surface area contributed by atoms with Gasteiger partial charge in [0.25, 0.3) is 0 Å². The van der Waals surface area contributed by atoms with Crippen molar-refractivity contribution in [3.8, 4) is 5.82 Å². The molecule has 1 amide bonds. The van der Waals surface area contributed by atoms with Gasteiger partial charge in [-0.25, -0.2) is 4.68 Å². The first-order valence-corrected chi connectivity index (χ1v) is 7.19. The molecule has 0 saturated heterocycles. The number of amides is 1. The van der Waals surface area contributed by atoms with Gasteiger partial charge in [-0.15, -0.1) is 10.2 Å². The first-order chi connectivity index (χ1) is 11.2. The number of carbonyl (C=O) groups excluding carboxylic acids is 1. The van der Waals surface area contributed by atoms with Gasteiger partial charge in [-0.3, -0.25) is 4.79 Å². The predicted octanol–water partition coefficient (Wildman–Crippen LogP) is 1.76. The lowest BCUT2D eigenvalue weighted by molar-refractivity contribution is -0.153. The second-order valence-corrected chi connectivity index (χ2v) is 5.18. The SMILES string of the molecule is Cc1cc(C)n(-c2ccc(NCCNC(=O)CC(F)(F)F)nn2)n1. The third-order valence-corrected chi connectivity index (χ3v) is 2.99. The standard InChI is InChI=1S/C14H17F3N6O/c1-9-7-10(2)23(22-9)12-4-3-11(20-21-12)18-5-6-19-13(24)8-14(15,16)17/h3-4,7H,5-6,8H2,1-2H3,(H,18,20)(H,19,24). The maximum absolute atomic E-state index is 12.0. The normalized spacial score (nSPS) is 11.4. The predicted molar refractivity (Wildman–Crippen MR) is 80.8 cm³/mol. The molecule has 0 spiro atoms. The van der Waals surface area contributed by atoms with Crippen molar-refractivity contribution in [3.05, 3.63) is 29.6 Å². The second kappa shape index (κ2) is 7.28. The molecule has 2 aromatic heterocycles. The van der Waals surface area contributed by atoms with Crippen LogP contribution in [0.5, 0.6) is 0 Å². The van der Waals surface area contributed by atoms with Crippen molar-refractivity contribution in [3.63, 3.8) is 0 Å². The lowest BCUT2D eigenvalue weighted by atomic mass is 10.4. The highest BCUT2D eigenvalue weighted by Gasteiger charge is 2.30. The summed E-state index contributed by atoms with van der Waals surface area (Å²) >= 11 is 0. The van der Waals surface area contributed by atoms with Crippen molar-refractivity contribution in [1.29, 1.82) is 0 Å². The molecular weight excluding hydrogens is 325 g/mol. The number of hydrogen-bond donors (Lipinski definition) is 2. The molecule has 7 nitrogen and oxygen atoms in total. The molecule has 0 aromatic carbocycles. The van der Waals surface area contributed by atoms with Gasteiger partial charge in [-0.2, -0.15) is 18.3 Å². The number of anilines is 1. The number of rotatable bonds is 6. The summed E-state index contributed by atoms with van der Waals surface area (Å²) in [4.78, 5) is 11.0. The highest BCUT2D eigenvalue weighted by Crippen LogP contribution is 2.18. The van der Waals surface area contributed by atoms with Gasteiger partial charge < -0.3 is 10.6 Å². The first-order valence-electron chi connectivity index (χ1n) is 7.19. The molecule has 0 saturated carbocycles. The third kappa shape index (κ3) is 5.21. The van der Waals surface area contributed by atoms with E-state index in [4.69, 9.17) is 0 Å². The van der Waals surface area contributed by atoms with E-state index in [-0.39, 0.29) is 13.1 Å².